The highest BCUT2D eigenvalue weighted by Gasteiger charge is 2.37. The average molecular weight is 145 g/mol. The molecule has 3 heteroatoms. The number of aliphatic hydroxyl groups excluding tert-OH is 2. The minimum atomic E-state index is -0.329. The van der Waals surface area contributed by atoms with Crippen molar-refractivity contribution in [2.24, 2.45) is 0 Å². The van der Waals surface area contributed by atoms with Gasteiger partial charge in [0, 0.05) is 6.04 Å². The van der Waals surface area contributed by atoms with Gasteiger partial charge in [0.25, 0.3) is 0 Å². The first kappa shape index (κ1) is 7.98. The van der Waals surface area contributed by atoms with Crippen LogP contribution in [0, 0.1) is 0 Å². The van der Waals surface area contributed by atoms with Crippen LogP contribution in [0.25, 0.3) is 0 Å². The van der Waals surface area contributed by atoms with Gasteiger partial charge in [0.1, 0.15) is 0 Å². The fourth-order valence-corrected chi connectivity index (χ4v) is 1.36. The van der Waals surface area contributed by atoms with E-state index in [2.05, 4.69) is 12.2 Å². The molecule has 3 atom stereocenters. The van der Waals surface area contributed by atoms with Gasteiger partial charge < -0.3 is 15.5 Å². The van der Waals surface area contributed by atoms with Crippen LogP contribution in [0.2, 0.25) is 0 Å². The van der Waals surface area contributed by atoms with Crippen molar-refractivity contribution in [3.63, 3.8) is 0 Å². The van der Waals surface area contributed by atoms with E-state index in [1.165, 1.54) is 0 Å². The zero-order valence-corrected chi connectivity index (χ0v) is 6.25. The minimum absolute atomic E-state index is 0.0430. The quantitative estimate of drug-likeness (QED) is 0.501. The van der Waals surface area contributed by atoms with Crippen molar-refractivity contribution in [1.29, 1.82) is 0 Å². The normalized spacial score (nSPS) is 39.3. The second kappa shape index (κ2) is 3.32. The molecule has 0 aromatic rings. The first-order valence-corrected chi connectivity index (χ1v) is 3.84. The van der Waals surface area contributed by atoms with Gasteiger partial charge in [-0.05, 0) is 6.42 Å². The van der Waals surface area contributed by atoms with Gasteiger partial charge in [-0.1, -0.05) is 13.3 Å². The molecule has 0 aliphatic carbocycles. The van der Waals surface area contributed by atoms with Crippen LogP contribution >= 0.6 is 0 Å². The van der Waals surface area contributed by atoms with Crippen molar-refractivity contribution in [3.05, 3.63) is 0 Å². The molecule has 1 fully saturated rings. The van der Waals surface area contributed by atoms with Crippen molar-refractivity contribution in [2.45, 2.75) is 38.0 Å². The van der Waals surface area contributed by atoms with E-state index in [4.69, 9.17) is 5.11 Å². The molecule has 0 radical (unpaired) electrons. The number of nitrogens with one attached hydrogen (secondary N) is 1. The van der Waals surface area contributed by atoms with E-state index in [0.29, 0.717) is 0 Å². The lowest BCUT2D eigenvalue weighted by Gasteiger charge is -2.41. The lowest BCUT2D eigenvalue weighted by molar-refractivity contribution is -0.0186. The lowest BCUT2D eigenvalue weighted by atomic mass is 9.90. The zero-order valence-electron chi connectivity index (χ0n) is 6.25. The number of hydrogen-bond donors (Lipinski definition) is 3. The summed E-state index contributed by atoms with van der Waals surface area (Å²) in [7, 11) is 0. The molecule has 3 unspecified atom stereocenters. The monoisotopic (exact) mass is 145 g/mol. The van der Waals surface area contributed by atoms with Crippen LogP contribution in [0.3, 0.4) is 0 Å². The van der Waals surface area contributed by atoms with Crippen LogP contribution in [-0.2, 0) is 0 Å². The third-order valence-electron chi connectivity index (χ3n) is 2.05. The molecule has 0 aromatic carbocycles. The van der Waals surface area contributed by atoms with Crippen LogP contribution in [0.4, 0.5) is 0 Å². The van der Waals surface area contributed by atoms with Crippen molar-refractivity contribution < 1.29 is 10.2 Å². The molecular weight excluding hydrogens is 130 g/mol. The number of hydrogen-bond acceptors (Lipinski definition) is 3. The molecule has 60 valence electrons. The van der Waals surface area contributed by atoms with Crippen LogP contribution in [0.1, 0.15) is 19.8 Å². The molecule has 1 aliphatic heterocycles. The van der Waals surface area contributed by atoms with Crippen LogP contribution in [0.5, 0.6) is 0 Å². The third kappa shape index (κ3) is 1.31. The summed E-state index contributed by atoms with van der Waals surface area (Å²) in [6.45, 7) is 2.13. The second-order valence-corrected chi connectivity index (χ2v) is 2.84. The maximum absolute atomic E-state index is 9.28. The Bertz CT molecular complexity index is 108. The molecule has 1 aliphatic rings. The van der Waals surface area contributed by atoms with E-state index in [1.54, 1.807) is 0 Å². The smallest absolute Gasteiger partial charge is 0.0868 e. The first-order chi connectivity index (χ1) is 4.79. The standard InChI is InChI=1S/C7H15NO2/c1-2-3-5-7(10)6(4-9)8-5/h5-10H,2-4H2,1H3. The Balaban J connectivity index is 2.18. The number of rotatable bonds is 3. The van der Waals surface area contributed by atoms with Gasteiger partial charge in [0.05, 0.1) is 18.8 Å². The summed E-state index contributed by atoms with van der Waals surface area (Å²) in [4.78, 5) is 0. The Kier molecular flexibility index (Phi) is 2.65. The lowest BCUT2D eigenvalue weighted by Crippen LogP contribution is -2.66. The van der Waals surface area contributed by atoms with Gasteiger partial charge in [-0.25, -0.2) is 0 Å². The fraction of sp³-hybridized carbons (Fsp3) is 1.00. The van der Waals surface area contributed by atoms with Crippen molar-refractivity contribution in [3.8, 4) is 0 Å². The molecule has 0 aromatic heterocycles. The summed E-state index contributed by atoms with van der Waals surface area (Å²) in [5.74, 6) is 0. The molecule has 1 rings (SSSR count). The van der Waals surface area contributed by atoms with E-state index < -0.39 is 0 Å². The Hall–Kier alpha value is -0.120. The molecule has 3 N–H and O–H groups in total. The maximum Gasteiger partial charge on any atom is 0.0868 e. The SMILES string of the molecule is CCCC1NC(CO)C1O. The van der Waals surface area contributed by atoms with Gasteiger partial charge >= 0.3 is 0 Å². The highest BCUT2D eigenvalue weighted by Crippen LogP contribution is 2.16. The topological polar surface area (TPSA) is 52.5 Å². The summed E-state index contributed by atoms with van der Waals surface area (Å²) in [5, 5.41) is 21.0. The van der Waals surface area contributed by atoms with Crippen molar-refractivity contribution in [2.75, 3.05) is 6.61 Å². The Morgan fingerprint density at radius 2 is 2.10 bits per heavy atom. The van der Waals surface area contributed by atoms with Gasteiger partial charge in [0.2, 0.25) is 0 Å². The van der Waals surface area contributed by atoms with Crippen molar-refractivity contribution in [1.82, 2.24) is 5.32 Å². The van der Waals surface area contributed by atoms with E-state index >= 15 is 0 Å². The summed E-state index contributed by atoms with van der Waals surface area (Å²) >= 11 is 0. The summed E-state index contributed by atoms with van der Waals surface area (Å²) in [6.07, 6.45) is 1.75. The van der Waals surface area contributed by atoms with E-state index in [1.807, 2.05) is 0 Å². The summed E-state index contributed by atoms with van der Waals surface area (Å²) in [5.41, 5.74) is 0. The maximum atomic E-state index is 9.28. The molecular formula is C7H15NO2. The van der Waals surface area contributed by atoms with Crippen molar-refractivity contribution >= 4 is 0 Å². The fourth-order valence-electron chi connectivity index (χ4n) is 1.36. The molecule has 1 saturated heterocycles. The van der Waals surface area contributed by atoms with Gasteiger partial charge in [-0.2, -0.15) is 0 Å². The molecule has 0 saturated carbocycles. The van der Waals surface area contributed by atoms with E-state index in [0.717, 1.165) is 12.8 Å². The highest BCUT2D eigenvalue weighted by atomic mass is 16.3. The van der Waals surface area contributed by atoms with E-state index in [9.17, 15) is 5.11 Å². The highest BCUT2D eigenvalue weighted by molar-refractivity contribution is 4.97. The van der Waals surface area contributed by atoms with Gasteiger partial charge in [-0.15, -0.1) is 0 Å². The average Bonchev–Trinajstić information content (AvgIpc) is 1.96. The van der Waals surface area contributed by atoms with Crippen LogP contribution in [-0.4, -0.2) is 35.0 Å². The molecule has 3 nitrogen and oxygen atoms in total. The largest absolute Gasteiger partial charge is 0.395 e. The van der Waals surface area contributed by atoms with Crippen LogP contribution < -0.4 is 5.32 Å². The van der Waals surface area contributed by atoms with Gasteiger partial charge in [0.15, 0.2) is 0 Å². The molecule has 10 heavy (non-hydrogen) atoms. The third-order valence-corrected chi connectivity index (χ3v) is 2.05. The number of aliphatic hydroxyl groups is 2. The minimum Gasteiger partial charge on any atom is -0.395 e. The predicted molar refractivity (Wildman–Crippen MR) is 38.7 cm³/mol. The van der Waals surface area contributed by atoms with E-state index in [-0.39, 0.29) is 24.8 Å². The van der Waals surface area contributed by atoms with Gasteiger partial charge in [-0.3, -0.25) is 0 Å². The molecule has 1 heterocycles. The first-order valence-electron chi connectivity index (χ1n) is 3.84. The Morgan fingerprint density at radius 3 is 2.50 bits per heavy atom. The summed E-state index contributed by atoms with van der Waals surface area (Å²) < 4.78 is 0. The predicted octanol–water partition coefficient (Wildman–Crippen LogP) is -0.520. The summed E-state index contributed by atoms with van der Waals surface area (Å²) in [6, 6.07) is 0.152. The second-order valence-electron chi connectivity index (χ2n) is 2.84. The Morgan fingerprint density at radius 1 is 1.40 bits per heavy atom. The Labute approximate surface area is 61.1 Å². The van der Waals surface area contributed by atoms with Crippen LogP contribution in [0.15, 0.2) is 0 Å². The molecule has 0 amide bonds. The molecule has 0 spiro atoms. The molecule has 0 bridgehead atoms. The zero-order chi connectivity index (χ0) is 7.56.